The molecule has 1 aliphatic heterocycles. The Kier molecular flexibility index (Phi) is 5.45. The van der Waals surface area contributed by atoms with Crippen LogP contribution in [0.4, 0.5) is 4.79 Å². The summed E-state index contributed by atoms with van der Waals surface area (Å²) in [4.78, 5) is 13.8. The van der Waals surface area contributed by atoms with Crippen molar-refractivity contribution in [3.63, 3.8) is 0 Å². The number of hydrogen-bond donors (Lipinski definition) is 1. The van der Waals surface area contributed by atoms with Gasteiger partial charge in [-0.25, -0.2) is 4.79 Å². The first kappa shape index (κ1) is 16.8. The first-order valence-electron chi connectivity index (χ1n) is 8.07. The van der Waals surface area contributed by atoms with Gasteiger partial charge in [0.05, 0.1) is 6.20 Å². The van der Waals surface area contributed by atoms with E-state index in [1.165, 1.54) is 5.56 Å². The molecule has 1 saturated heterocycles. The number of likely N-dealkylation sites (tertiary alicyclic amines) is 1. The molecule has 2 rings (SSSR count). The first-order valence-corrected chi connectivity index (χ1v) is 8.07. The van der Waals surface area contributed by atoms with E-state index in [0.29, 0.717) is 5.92 Å². The van der Waals surface area contributed by atoms with E-state index >= 15 is 0 Å². The minimum Gasteiger partial charge on any atom is -0.444 e. The summed E-state index contributed by atoms with van der Waals surface area (Å²) in [6.45, 7) is 12.0. The molecular formula is C16H28N4O2. The first-order chi connectivity index (χ1) is 10.4. The van der Waals surface area contributed by atoms with Gasteiger partial charge in [0.15, 0.2) is 0 Å². The third-order valence-electron chi connectivity index (χ3n) is 3.71. The number of hydrogen-bond acceptors (Lipinski definition) is 4. The predicted molar refractivity (Wildman–Crippen MR) is 85.5 cm³/mol. The summed E-state index contributed by atoms with van der Waals surface area (Å²) < 4.78 is 7.34. The number of carbonyl (C=O) groups excluding carboxylic acids is 1. The van der Waals surface area contributed by atoms with E-state index in [2.05, 4.69) is 23.5 Å². The van der Waals surface area contributed by atoms with Crippen molar-refractivity contribution in [1.29, 1.82) is 0 Å². The van der Waals surface area contributed by atoms with Crippen LogP contribution in [0.25, 0.3) is 0 Å². The SMILES string of the molecule is CCn1cc(CNCC2CCN(C(=O)OC(C)(C)C)C2)cn1. The van der Waals surface area contributed by atoms with Crippen molar-refractivity contribution >= 4 is 6.09 Å². The zero-order chi connectivity index (χ0) is 16.2. The molecule has 1 aliphatic rings. The topological polar surface area (TPSA) is 59.4 Å². The van der Waals surface area contributed by atoms with Gasteiger partial charge in [-0.15, -0.1) is 0 Å². The van der Waals surface area contributed by atoms with Gasteiger partial charge in [-0.1, -0.05) is 0 Å². The maximum Gasteiger partial charge on any atom is 0.410 e. The Bertz CT molecular complexity index is 493. The third kappa shape index (κ3) is 5.02. The second-order valence-electron chi connectivity index (χ2n) is 6.92. The zero-order valence-electron chi connectivity index (χ0n) is 14.1. The minimum absolute atomic E-state index is 0.195. The Morgan fingerprint density at radius 1 is 1.50 bits per heavy atom. The maximum atomic E-state index is 12.0. The molecule has 0 saturated carbocycles. The zero-order valence-corrected chi connectivity index (χ0v) is 14.1. The third-order valence-corrected chi connectivity index (χ3v) is 3.71. The van der Waals surface area contributed by atoms with Crippen LogP contribution in [-0.4, -0.2) is 46.0 Å². The smallest absolute Gasteiger partial charge is 0.410 e. The quantitative estimate of drug-likeness (QED) is 0.906. The van der Waals surface area contributed by atoms with E-state index < -0.39 is 5.60 Å². The van der Waals surface area contributed by atoms with Gasteiger partial charge in [0, 0.05) is 44.5 Å². The summed E-state index contributed by atoms with van der Waals surface area (Å²) in [5.41, 5.74) is 0.774. The van der Waals surface area contributed by atoms with Gasteiger partial charge in [-0.2, -0.15) is 5.10 Å². The number of aromatic nitrogens is 2. The Balaban J connectivity index is 1.69. The van der Waals surface area contributed by atoms with Crippen molar-refractivity contribution < 1.29 is 9.53 Å². The van der Waals surface area contributed by atoms with Gasteiger partial charge in [-0.05, 0) is 40.0 Å². The van der Waals surface area contributed by atoms with E-state index in [1.54, 1.807) is 0 Å². The Morgan fingerprint density at radius 3 is 2.91 bits per heavy atom. The fraction of sp³-hybridized carbons (Fsp3) is 0.750. The highest BCUT2D eigenvalue weighted by Crippen LogP contribution is 2.19. The fourth-order valence-electron chi connectivity index (χ4n) is 2.58. The predicted octanol–water partition coefficient (Wildman–Crippen LogP) is 2.25. The van der Waals surface area contributed by atoms with Crippen LogP contribution in [0.2, 0.25) is 0 Å². The van der Waals surface area contributed by atoms with E-state index in [1.807, 2.05) is 36.5 Å². The molecule has 0 aliphatic carbocycles. The van der Waals surface area contributed by atoms with E-state index in [4.69, 9.17) is 4.74 Å². The van der Waals surface area contributed by atoms with Gasteiger partial charge in [-0.3, -0.25) is 4.68 Å². The molecule has 124 valence electrons. The van der Waals surface area contributed by atoms with Crippen LogP contribution < -0.4 is 5.32 Å². The molecule has 1 aromatic rings. The lowest BCUT2D eigenvalue weighted by molar-refractivity contribution is 0.0288. The van der Waals surface area contributed by atoms with Crippen LogP contribution in [0, 0.1) is 5.92 Å². The molecule has 6 nitrogen and oxygen atoms in total. The highest BCUT2D eigenvalue weighted by molar-refractivity contribution is 5.68. The molecule has 0 aromatic carbocycles. The van der Waals surface area contributed by atoms with Crippen molar-refractivity contribution in [1.82, 2.24) is 20.0 Å². The van der Waals surface area contributed by atoms with E-state index in [-0.39, 0.29) is 6.09 Å². The number of rotatable bonds is 5. The Morgan fingerprint density at radius 2 is 2.27 bits per heavy atom. The second kappa shape index (κ2) is 7.13. The van der Waals surface area contributed by atoms with Crippen LogP contribution in [0.3, 0.4) is 0 Å². The molecular weight excluding hydrogens is 280 g/mol. The standard InChI is InChI=1S/C16H28N4O2/c1-5-20-12-14(10-18-20)9-17-8-13-6-7-19(11-13)15(21)22-16(2,3)4/h10,12-13,17H,5-9,11H2,1-4H3. The van der Waals surface area contributed by atoms with Gasteiger partial charge < -0.3 is 15.0 Å². The van der Waals surface area contributed by atoms with Gasteiger partial charge in [0.1, 0.15) is 5.60 Å². The van der Waals surface area contributed by atoms with Crippen LogP contribution >= 0.6 is 0 Å². The van der Waals surface area contributed by atoms with Crippen molar-refractivity contribution in [2.24, 2.45) is 5.92 Å². The van der Waals surface area contributed by atoms with Crippen molar-refractivity contribution in [2.75, 3.05) is 19.6 Å². The van der Waals surface area contributed by atoms with Crippen LogP contribution in [0.15, 0.2) is 12.4 Å². The highest BCUT2D eigenvalue weighted by Gasteiger charge is 2.29. The fourth-order valence-corrected chi connectivity index (χ4v) is 2.58. The molecule has 6 heteroatoms. The summed E-state index contributed by atoms with van der Waals surface area (Å²) in [5.74, 6) is 0.494. The Labute approximate surface area is 132 Å². The number of aryl methyl sites for hydroxylation is 1. The number of carbonyl (C=O) groups is 1. The molecule has 0 bridgehead atoms. The van der Waals surface area contributed by atoms with Crippen LogP contribution in [0.5, 0.6) is 0 Å². The highest BCUT2D eigenvalue weighted by atomic mass is 16.6. The summed E-state index contributed by atoms with van der Waals surface area (Å²) in [6, 6.07) is 0. The molecule has 1 atom stereocenters. The van der Waals surface area contributed by atoms with Crippen molar-refractivity contribution in [3.8, 4) is 0 Å². The van der Waals surface area contributed by atoms with Gasteiger partial charge in [0.25, 0.3) is 0 Å². The monoisotopic (exact) mass is 308 g/mol. The van der Waals surface area contributed by atoms with Gasteiger partial charge in [0.2, 0.25) is 0 Å². The number of nitrogens with zero attached hydrogens (tertiary/aromatic N) is 3. The average molecular weight is 308 g/mol. The van der Waals surface area contributed by atoms with Crippen LogP contribution in [0.1, 0.15) is 39.7 Å². The molecule has 1 unspecified atom stereocenters. The van der Waals surface area contributed by atoms with Gasteiger partial charge >= 0.3 is 6.09 Å². The molecule has 1 aromatic heterocycles. The summed E-state index contributed by atoms with van der Waals surface area (Å²) >= 11 is 0. The summed E-state index contributed by atoms with van der Waals surface area (Å²) in [7, 11) is 0. The molecule has 22 heavy (non-hydrogen) atoms. The molecule has 1 fully saturated rings. The lowest BCUT2D eigenvalue weighted by Gasteiger charge is -2.24. The largest absolute Gasteiger partial charge is 0.444 e. The molecule has 1 amide bonds. The molecule has 0 radical (unpaired) electrons. The Hall–Kier alpha value is -1.56. The molecule has 2 heterocycles. The lowest BCUT2D eigenvalue weighted by atomic mass is 10.1. The maximum absolute atomic E-state index is 12.0. The lowest BCUT2D eigenvalue weighted by Crippen LogP contribution is -2.36. The average Bonchev–Trinajstić information content (AvgIpc) is 3.05. The number of nitrogens with one attached hydrogen (secondary N) is 1. The van der Waals surface area contributed by atoms with Crippen molar-refractivity contribution in [3.05, 3.63) is 18.0 Å². The molecule has 1 N–H and O–H groups in total. The second-order valence-corrected chi connectivity index (χ2v) is 6.92. The van der Waals surface area contributed by atoms with Crippen LogP contribution in [-0.2, 0) is 17.8 Å². The molecule has 0 spiro atoms. The summed E-state index contributed by atoms with van der Waals surface area (Å²) in [6.07, 6.45) is 4.80. The van der Waals surface area contributed by atoms with E-state index in [0.717, 1.165) is 39.1 Å². The normalized spacial score (nSPS) is 18.7. The van der Waals surface area contributed by atoms with E-state index in [9.17, 15) is 4.79 Å². The summed E-state index contributed by atoms with van der Waals surface area (Å²) in [5, 5.41) is 7.72. The number of ether oxygens (including phenoxy) is 1. The number of amides is 1. The van der Waals surface area contributed by atoms with Crippen molar-refractivity contribution in [2.45, 2.75) is 52.8 Å². The minimum atomic E-state index is -0.424.